The van der Waals surface area contributed by atoms with Gasteiger partial charge in [-0.1, -0.05) is 18.2 Å². The molecule has 1 saturated heterocycles. The molecule has 1 aromatic carbocycles. The van der Waals surface area contributed by atoms with Gasteiger partial charge >= 0.3 is 0 Å². The SMILES string of the molecule is O=C(CCc1ccco1)N1CCN(CCCc2ccccc2F)CC1. The fraction of sp³-hybridized carbons (Fsp3) is 0.450. The Morgan fingerprint density at radius 1 is 1.04 bits per heavy atom. The van der Waals surface area contributed by atoms with E-state index in [4.69, 9.17) is 4.42 Å². The number of rotatable bonds is 7. The van der Waals surface area contributed by atoms with E-state index in [0.29, 0.717) is 12.8 Å². The molecule has 1 amide bonds. The van der Waals surface area contributed by atoms with Crippen molar-refractivity contribution < 1.29 is 13.6 Å². The van der Waals surface area contributed by atoms with Gasteiger partial charge in [0.1, 0.15) is 11.6 Å². The first-order chi connectivity index (χ1) is 12.2. The molecule has 3 rings (SSSR count). The summed E-state index contributed by atoms with van der Waals surface area (Å²) in [5.41, 5.74) is 0.786. The smallest absolute Gasteiger partial charge is 0.223 e. The van der Waals surface area contributed by atoms with Gasteiger partial charge in [-0.2, -0.15) is 0 Å². The van der Waals surface area contributed by atoms with E-state index in [0.717, 1.165) is 56.9 Å². The van der Waals surface area contributed by atoms with Crippen LogP contribution < -0.4 is 0 Å². The zero-order valence-corrected chi connectivity index (χ0v) is 14.5. The maximum Gasteiger partial charge on any atom is 0.223 e. The van der Waals surface area contributed by atoms with Gasteiger partial charge in [-0.05, 0) is 43.1 Å². The van der Waals surface area contributed by atoms with Gasteiger partial charge in [-0.25, -0.2) is 4.39 Å². The molecule has 0 radical (unpaired) electrons. The van der Waals surface area contributed by atoms with Gasteiger partial charge < -0.3 is 9.32 Å². The van der Waals surface area contributed by atoms with Gasteiger partial charge in [0.2, 0.25) is 5.91 Å². The van der Waals surface area contributed by atoms with Crippen molar-refractivity contribution in [3.05, 3.63) is 59.8 Å². The minimum absolute atomic E-state index is 0.116. The van der Waals surface area contributed by atoms with Crippen LogP contribution in [0.1, 0.15) is 24.2 Å². The molecule has 1 fully saturated rings. The van der Waals surface area contributed by atoms with Crippen molar-refractivity contribution in [1.29, 1.82) is 0 Å². The van der Waals surface area contributed by atoms with Crippen LogP contribution in [-0.2, 0) is 17.6 Å². The fourth-order valence-corrected chi connectivity index (χ4v) is 3.26. The molecule has 0 saturated carbocycles. The lowest BCUT2D eigenvalue weighted by atomic mass is 10.1. The Morgan fingerprint density at radius 2 is 1.84 bits per heavy atom. The highest BCUT2D eigenvalue weighted by Gasteiger charge is 2.20. The minimum atomic E-state index is -0.116. The quantitative estimate of drug-likeness (QED) is 0.774. The zero-order valence-electron chi connectivity index (χ0n) is 14.5. The average molecular weight is 344 g/mol. The number of halogens is 1. The number of carbonyl (C=O) groups excluding carboxylic acids is 1. The largest absolute Gasteiger partial charge is 0.469 e. The van der Waals surface area contributed by atoms with E-state index in [9.17, 15) is 9.18 Å². The van der Waals surface area contributed by atoms with Gasteiger partial charge in [-0.3, -0.25) is 9.69 Å². The monoisotopic (exact) mass is 344 g/mol. The Hall–Kier alpha value is -2.14. The topological polar surface area (TPSA) is 36.7 Å². The highest BCUT2D eigenvalue weighted by Crippen LogP contribution is 2.11. The Kier molecular flexibility index (Phi) is 6.23. The summed E-state index contributed by atoms with van der Waals surface area (Å²) in [6, 6.07) is 10.7. The number of furan rings is 1. The molecule has 2 aromatic rings. The highest BCUT2D eigenvalue weighted by atomic mass is 19.1. The molecule has 1 aliphatic heterocycles. The van der Waals surface area contributed by atoms with E-state index in [2.05, 4.69) is 4.90 Å². The van der Waals surface area contributed by atoms with Crippen LogP contribution in [0.2, 0.25) is 0 Å². The van der Waals surface area contributed by atoms with Crippen LogP contribution in [0.4, 0.5) is 4.39 Å². The number of hydrogen-bond donors (Lipinski definition) is 0. The van der Waals surface area contributed by atoms with Crippen molar-refractivity contribution in [2.45, 2.75) is 25.7 Å². The van der Waals surface area contributed by atoms with Crippen LogP contribution in [0, 0.1) is 5.82 Å². The summed E-state index contributed by atoms with van der Waals surface area (Å²) in [6.07, 6.45) is 4.50. The first kappa shape index (κ1) is 17.7. The Morgan fingerprint density at radius 3 is 2.56 bits per heavy atom. The van der Waals surface area contributed by atoms with Crippen molar-refractivity contribution in [3.8, 4) is 0 Å². The molecule has 134 valence electrons. The van der Waals surface area contributed by atoms with E-state index in [1.807, 2.05) is 29.2 Å². The predicted molar refractivity (Wildman–Crippen MR) is 94.8 cm³/mol. The molecule has 1 aromatic heterocycles. The fourth-order valence-electron chi connectivity index (χ4n) is 3.26. The number of piperazine rings is 1. The summed E-state index contributed by atoms with van der Waals surface area (Å²) in [4.78, 5) is 16.6. The first-order valence-corrected chi connectivity index (χ1v) is 8.98. The minimum Gasteiger partial charge on any atom is -0.469 e. The second-order valence-corrected chi connectivity index (χ2v) is 6.50. The van der Waals surface area contributed by atoms with Crippen LogP contribution in [0.25, 0.3) is 0 Å². The Labute approximate surface area is 148 Å². The second kappa shape index (κ2) is 8.81. The van der Waals surface area contributed by atoms with Crippen molar-refractivity contribution in [1.82, 2.24) is 9.80 Å². The maximum absolute atomic E-state index is 13.6. The molecule has 0 unspecified atom stereocenters. The van der Waals surface area contributed by atoms with E-state index in [-0.39, 0.29) is 11.7 Å². The van der Waals surface area contributed by atoms with E-state index in [1.54, 1.807) is 12.3 Å². The van der Waals surface area contributed by atoms with E-state index >= 15 is 0 Å². The zero-order chi connectivity index (χ0) is 17.5. The lowest BCUT2D eigenvalue weighted by Gasteiger charge is -2.34. The first-order valence-electron chi connectivity index (χ1n) is 8.98. The average Bonchev–Trinajstić information content (AvgIpc) is 3.15. The summed E-state index contributed by atoms with van der Waals surface area (Å²) < 4.78 is 18.9. The van der Waals surface area contributed by atoms with E-state index in [1.165, 1.54) is 6.07 Å². The van der Waals surface area contributed by atoms with Crippen molar-refractivity contribution in [3.63, 3.8) is 0 Å². The molecular formula is C20H25FN2O2. The van der Waals surface area contributed by atoms with Gasteiger partial charge in [0, 0.05) is 39.0 Å². The Bertz CT molecular complexity index is 664. The number of amides is 1. The van der Waals surface area contributed by atoms with Crippen molar-refractivity contribution in [2.75, 3.05) is 32.7 Å². The number of hydrogen-bond acceptors (Lipinski definition) is 3. The number of aryl methyl sites for hydroxylation is 2. The molecule has 2 heterocycles. The van der Waals surface area contributed by atoms with Crippen LogP contribution in [0.15, 0.2) is 47.1 Å². The number of carbonyl (C=O) groups is 1. The molecular weight excluding hydrogens is 319 g/mol. The summed E-state index contributed by atoms with van der Waals surface area (Å²) in [6.45, 7) is 4.28. The van der Waals surface area contributed by atoms with Crippen LogP contribution >= 0.6 is 0 Å². The standard InChI is InChI=1S/C20H25FN2O2/c21-19-8-2-1-5-17(19)6-3-11-22-12-14-23(15-13-22)20(24)10-9-18-7-4-16-25-18/h1-2,4-5,7-8,16H,3,6,9-15H2. The number of benzene rings is 1. The molecule has 0 N–H and O–H groups in total. The maximum atomic E-state index is 13.6. The normalized spacial score (nSPS) is 15.5. The molecule has 1 aliphatic rings. The summed E-state index contributed by atoms with van der Waals surface area (Å²) >= 11 is 0. The molecule has 0 atom stereocenters. The third kappa shape index (κ3) is 5.16. The van der Waals surface area contributed by atoms with Gasteiger partial charge in [0.25, 0.3) is 0 Å². The molecule has 25 heavy (non-hydrogen) atoms. The summed E-state index contributed by atoms with van der Waals surface area (Å²) in [7, 11) is 0. The van der Waals surface area contributed by atoms with Crippen LogP contribution in [-0.4, -0.2) is 48.4 Å². The predicted octanol–water partition coefficient (Wildman–Crippen LogP) is 3.13. The van der Waals surface area contributed by atoms with Crippen LogP contribution in [0.5, 0.6) is 0 Å². The highest BCUT2D eigenvalue weighted by molar-refractivity contribution is 5.76. The molecule has 4 nitrogen and oxygen atoms in total. The van der Waals surface area contributed by atoms with E-state index < -0.39 is 0 Å². The number of nitrogens with zero attached hydrogens (tertiary/aromatic N) is 2. The molecule has 0 spiro atoms. The van der Waals surface area contributed by atoms with Gasteiger partial charge in [0.05, 0.1) is 6.26 Å². The lowest BCUT2D eigenvalue weighted by Crippen LogP contribution is -2.48. The molecule has 0 bridgehead atoms. The molecule has 5 heteroatoms. The van der Waals surface area contributed by atoms with Crippen molar-refractivity contribution in [2.24, 2.45) is 0 Å². The Balaban J connectivity index is 1.34. The summed E-state index contributed by atoms with van der Waals surface area (Å²) in [5.74, 6) is 0.942. The molecule has 0 aliphatic carbocycles. The van der Waals surface area contributed by atoms with Gasteiger partial charge in [0.15, 0.2) is 0 Å². The van der Waals surface area contributed by atoms with Crippen molar-refractivity contribution >= 4 is 5.91 Å². The second-order valence-electron chi connectivity index (χ2n) is 6.50. The van der Waals surface area contributed by atoms with Gasteiger partial charge in [-0.15, -0.1) is 0 Å². The third-order valence-corrected chi connectivity index (χ3v) is 4.77. The lowest BCUT2D eigenvalue weighted by molar-refractivity contribution is -0.133. The third-order valence-electron chi connectivity index (χ3n) is 4.77. The summed E-state index contributed by atoms with van der Waals surface area (Å²) in [5, 5.41) is 0. The van der Waals surface area contributed by atoms with Crippen LogP contribution in [0.3, 0.4) is 0 Å².